The summed E-state index contributed by atoms with van der Waals surface area (Å²) in [7, 11) is 1.62. The molecule has 0 bridgehead atoms. The number of aliphatic hydroxyl groups is 3. The summed E-state index contributed by atoms with van der Waals surface area (Å²) in [5, 5.41) is 35.0. The highest BCUT2D eigenvalue weighted by molar-refractivity contribution is 6.08. The molecule has 5 N–H and O–H groups in total. The van der Waals surface area contributed by atoms with Crippen molar-refractivity contribution >= 4 is 34.8 Å². The first-order valence-corrected chi connectivity index (χ1v) is 16.2. The Morgan fingerprint density at radius 1 is 0.958 bits per heavy atom. The molecule has 0 aromatic heterocycles. The van der Waals surface area contributed by atoms with E-state index >= 15 is 0 Å². The molecular formula is C37H45N3O8. The van der Waals surface area contributed by atoms with Gasteiger partial charge in [0.05, 0.1) is 25.4 Å². The van der Waals surface area contributed by atoms with Gasteiger partial charge in [0.25, 0.3) is 17.7 Å². The number of hydrogen-bond acceptors (Lipinski definition) is 8. The molecule has 0 unspecified atom stereocenters. The van der Waals surface area contributed by atoms with E-state index in [2.05, 4.69) is 24.5 Å². The Labute approximate surface area is 280 Å². The average molecular weight is 660 g/mol. The summed E-state index contributed by atoms with van der Waals surface area (Å²) >= 11 is 0. The quantitative estimate of drug-likeness (QED) is 0.206. The highest BCUT2D eigenvalue weighted by Crippen LogP contribution is 2.60. The zero-order valence-corrected chi connectivity index (χ0v) is 28.2. The van der Waals surface area contributed by atoms with Crippen molar-refractivity contribution in [1.82, 2.24) is 0 Å². The highest BCUT2D eigenvalue weighted by Gasteiger charge is 2.65. The van der Waals surface area contributed by atoms with Crippen molar-refractivity contribution in [2.45, 2.75) is 76.9 Å². The third-order valence-corrected chi connectivity index (χ3v) is 9.84. The molecule has 5 rings (SSSR count). The number of ether oxygens (including phenoxy) is 2. The van der Waals surface area contributed by atoms with Crippen LogP contribution in [-0.2, 0) is 36.7 Å². The van der Waals surface area contributed by atoms with Crippen molar-refractivity contribution in [3.05, 3.63) is 83.4 Å². The lowest BCUT2D eigenvalue weighted by atomic mass is 9.63. The van der Waals surface area contributed by atoms with Crippen LogP contribution in [0.3, 0.4) is 0 Å². The molecule has 3 aromatic rings. The van der Waals surface area contributed by atoms with Crippen LogP contribution in [0, 0.1) is 11.8 Å². The first kappa shape index (κ1) is 35.0. The van der Waals surface area contributed by atoms with E-state index in [1.807, 2.05) is 31.2 Å². The van der Waals surface area contributed by atoms with E-state index in [4.69, 9.17) is 9.47 Å². The lowest BCUT2D eigenvalue weighted by Gasteiger charge is -2.38. The molecule has 3 aromatic carbocycles. The second kappa shape index (κ2) is 13.7. The van der Waals surface area contributed by atoms with Crippen LogP contribution >= 0.6 is 0 Å². The molecule has 256 valence electrons. The van der Waals surface area contributed by atoms with Gasteiger partial charge in [-0.15, -0.1) is 0 Å². The lowest BCUT2D eigenvalue weighted by Crippen LogP contribution is -2.45. The molecule has 0 aliphatic carbocycles. The maximum atomic E-state index is 14.9. The largest absolute Gasteiger partial charge is 0.497 e. The Morgan fingerprint density at radius 3 is 2.10 bits per heavy atom. The fourth-order valence-corrected chi connectivity index (χ4v) is 7.31. The monoisotopic (exact) mass is 659 g/mol. The third-order valence-electron chi connectivity index (χ3n) is 9.84. The van der Waals surface area contributed by atoms with Gasteiger partial charge in [-0.1, -0.05) is 45.0 Å². The number of aliphatic hydroxyl groups excluding tert-OH is 3. The van der Waals surface area contributed by atoms with Gasteiger partial charge in [0, 0.05) is 35.4 Å². The first-order valence-electron chi connectivity index (χ1n) is 16.2. The smallest absolute Gasteiger partial charge is 0.264 e. The van der Waals surface area contributed by atoms with Crippen LogP contribution in [0.15, 0.2) is 66.7 Å². The van der Waals surface area contributed by atoms with Crippen LogP contribution in [0.1, 0.15) is 57.7 Å². The van der Waals surface area contributed by atoms with Crippen LogP contribution in [0.2, 0.25) is 0 Å². The summed E-state index contributed by atoms with van der Waals surface area (Å²) in [6.07, 6.45) is -2.55. The number of carbonyl (C=O) groups excluding carboxylic acids is 3. The molecule has 1 saturated heterocycles. The molecule has 3 amide bonds. The van der Waals surface area contributed by atoms with E-state index in [0.29, 0.717) is 29.0 Å². The minimum absolute atomic E-state index is 0.129. The average Bonchev–Trinajstić information content (AvgIpc) is 3.48. The molecule has 11 heteroatoms. The van der Waals surface area contributed by atoms with Gasteiger partial charge in [0.15, 0.2) is 5.60 Å². The van der Waals surface area contributed by atoms with E-state index in [1.165, 1.54) is 13.8 Å². The summed E-state index contributed by atoms with van der Waals surface area (Å²) < 4.78 is 12.3. The molecule has 48 heavy (non-hydrogen) atoms. The topological polar surface area (TPSA) is 158 Å². The third kappa shape index (κ3) is 6.30. The normalized spacial score (nSPS) is 23.1. The standard InChI is InChI=1S/C37H45N3O8/c1-21-32(36(4,5)25-9-14-28(47-6)15-10-25)31(17-18-41)48-37(21)29-19-27(39-34(45)23(3)43)13-16-30(29)40(35(37)46)20-24-7-11-26(12-8-24)38-33(44)22(2)42/h7-16,19,21-23,31-32,41-43H,17-18,20H2,1-6H3,(H,38,44)(H,39,45)/t21-,22+,23+,31+,32-,37+/m1/s1. The maximum absolute atomic E-state index is 14.9. The highest BCUT2D eigenvalue weighted by atomic mass is 16.5. The van der Waals surface area contributed by atoms with Gasteiger partial charge in [-0.2, -0.15) is 0 Å². The number of carbonyl (C=O) groups is 3. The molecule has 2 aliphatic heterocycles. The number of nitrogens with zero attached hydrogens (tertiary/aromatic N) is 1. The van der Waals surface area contributed by atoms with Gasteiger partial charge in [-0.3, -0.25) is 14.4 Å². The zero-order chi connectivity index (χ0) is 35.0. The molecular weight excluding hydrogens is 614 g/mol. The van der Waals surface area contributed by atoms with Gasteiger partial charge in [0.2, 0.25) is 0 Å². The van der Waals surface area contributed by atoms with E-state index in [-0.39, 0.29) is 30.9 Å². The minimum atomic E-state index is -1.43. The molecule has 2 aliphatic rings. The lowest BCUT2D eigenvalue weighted by molar-refractivity contribution is -0.146. The van der Waals surface area contributed by atoms with Crippen LogP contribution < -0.4 is 20.3 Å². The Bertz CT molecular complexity index is 1650. The van der Waals surface area contributed by atoms with Crippen LogP contribution in [0.4, 0.5) is 17.1 Å². The van der Waals surface area contributed by atoms with Crippen molar-refractivity contribution in [3.63, 3.8) is 0 Å². The predicted molar refractivity (Wildman–Crippen MR) is 182 cm³/mol. The molecule has 11 nitrogen and oxygen atoms in total. The molecule has 0 saturated carbocycles. The van der Waals surface area contributed by atoms with Gasteiger partial charge in [-0.05, 0) is 79.3 Å². The van der Waals surface area contributed by atoms with Gasteiger partial charge >= 0.3 is 0 Å². The van der Waals surface area contributed by atoms with Gasteiger partial charge < -0.3 is 40.3 Å². The molecule has 0 radical (unpaired) electrons. The zero-order valence-electron chi connectivity index (χ0n) is 28.2. The van der Waals surface area contributed by atoms with E-state index in [1.54, 1.807) is 54.5 Å². The van der Waals surface area contributed by atoms with Crippen LogP contribution in [0.25, 0.3) is 0 Å². The fraction of sp³-hybridized carbons (Fsp3) is 0.432. The molecule has 1 fully saturated rings. The maximum Gasteiger partial charge on any atom is 0.264 e. The summed E-state index contributed by atoms with van der Waals surface area (Å²) in [5.41, 5.74) is 2.05. The van der Waals surface area contributed by atoms with Crippen molar-refractivity contribution in [1.29, 1.82) is 0 Å². The number of rotatable bonds is 11. The fourth-order valence-electron chi connectivity index (χ4n) is 7.31. The Hall–Kier alpha value is -4.29. The van der Waals surface area contributed by atoms with Crippen molar-refractivity contribution in [2.75, 3.05) is 29.3 Å². The molecule has 1 spiro atoms. The Kier molecular flexibility index (Phi) is 9.98. The number of anilines is 3. The first-order chi connectivity index (χ1) is 22.7. The summed E-state index contributed by atoms with van der Waals surface area (Å²) in [5.74, 6) is -1.21. The van der Waals surface area contributed by atoms with E-state index in [9.17, 15) is 29.7 Å². The number of amides is 3. The number of methoxy groups -OCH3 is 1. The SMILES string of the molecule is COc1ccc(C(C)(C)[C@H]2[C@H](CCO)O[C@@]3(C(=O)N(Cc4ccc(NC(=O)[C@H](C)O)cc4)c4ccc(NC(=O)[C@H](C)O)cc43)[C@@H]2C)cc1. The van der Waals surface area contributed by atoms with E-state index in [0.717, 1.165) is 16.9 Å². The molecule has 6 atom stereocenters. The summed E-state index contributed by atoms with van der Waals surface area (Å²) in [4.78, 5) is 41.0. The summed E-state index contributed by atoms with van der Waals surface area (Å²) in [6.45, 7) is 9.09. The predicted octanol–water partition coefficient (Wildman–Crippen LogP) is 4.09. The van der Waals surface area contributed by atoms with Crippen molar-refractivity contribution in [3.8, 4) is 5.75 Å². The number of hydrogen-bond donors (Lipinski definition) is 5. The van der Waals surface area contributed by atoms with Crippen LogP contribution in [0.5, 0.6) is 5.75 Å². The minimum Gasteiger partial charge on any atom is -0.497 e. The number of fused-ring (bicyclic) bond motifs is 2. The van der Waals surface area contributed by atoms with Crippen molar-refractivity contribution in [2.24, 2.45) is 11.8 Å². The van der Waals surface area contributed by atoms with Crippen molar-refractivity contribution < 1.29 is 39.2 Å². The number of benzene rings is 3. The number of nitrogens with one attached hydrogen (secondary N) is 2. The van der Waals surface area contributed by atoms with Crippen LogP contribution in [-0.4, -0.2) is 65.1 Å². The van der Waals surface area contributed by atoms with E-state index < -0.39 is 41.1 Å². The second-order valence-corrected chi connectivity index (χ2v) is 13.3. The van der Waals surface area contributed by atoms with Gasteiger partial charge in [-0.25, -0.2) is 0 Å². The Balaban J connectivity index is 1.57. The second-order valence-electron chi connectivity index (χ2n) is 13.3. The summed E-state index contributed by atoms with van der Waals surface area (Å²) in [6, 6.07) is 20.1. The Morgan fingerprint density at radius 2 is 1.54 bits per heavy atom. The van der Waals surface area contributed by atoms with Gasteiger partial charge in [0.1, 0.15) is 18.0 Å². The molecule has 2 heterocycles.